The van der Waals surface area contributed by atoms with Gasteiger partial charge in [-0.15, -0.1) is 0 Å². The number of nitrogens with one attached hydrogen (secondary N) is 1. The van der Waals surface area contributed by atoms with Crippen LogP contribution in [0.15, 0.2) is 12.5 Å². The molecule has 6 heteroatoms. The Morgan fingerprint density at radius 1 is 1.53 bits per heavy atom. The lowest BCUT2D eigenvalue weighted by Gasteiger charge is -2.13. The molecule has 0 aromatic carbocycles. The Morgan fingerprint density at radius 3 is 2.82 bits per heavy atom. The summed E-state index contributed by atoms with van der Waals surface area (Å²) < 4.78 is 24.3. The van der Waals surface area contributed by atoms with Crippen LogP contribution in [0.1, 0.15) is 26.0 Å². The van der Waals surface area contributed by atoms with E-state index in [1.165, 1.54) is 6.26 Å². The highest BCUT2D eigenvalue weighted by Gasteiger charge is 2.10. The highest BCUT2D eigenvalue weighted by molar-refractivity contribution is 7.90. The molecule has 1 atom stereocenters. The molecule has 0 aliphatic rings. The summed E-state index contributed by atoms with van der Waals surface area (Å²) in [5, 5.41) is 3.20. The first-order valence-electron chi connectivity index (χ1n) is 5.82. The van der Waals surface area contributed by atoms with Gasteiger partial charge in [0.1, 0.15) is 9.84 Å². The Hall–Kier alpha value is -0.880. The van der Waals surface area contributed by atoms with Crippen LogP contribution in [0, 0.1) is 0 Å². The Balaban J connectivity index is 2.47. The summed E-state index contributed by atoms with van der Waals surface area (Å²) in [5.41, 5.74) is 1.09. The van der Waals surface area contributed by atoms with E-state index in [4.69, 9.17) is 0 Å². The minimum atomic E-state index is -2.92. The molecule has 1 unspecified atom stereocenters. The molecule has 0 aliphatic carbocycles. The summed E-state index contributed by atoms with van der Waals surface area (Å²) in [4.78, 5) is 4.10. The Morgan fingerprint density at radius 2 is 2.24 bits per heavy atom. The zero-order valence-corrected chi connectivity index (χ0v) is 11.5. The second-order valence-corrected chi connectivity index (χ2v) is 6.64. The third kappa shape index (κ3) is 5.32. The van der Waals surface area contributed by atoms with Crippen LogP contribution in [0.25, 0.3) is 0 Å². The van der Waals surface area contributed by atoms with E-state index >= 15 is 0 Å². The molecule has 1 rings (SSSR count). The SMILES string of the molecule is CCCn1cncc1CNC(C)CS(C)(=O)=O. The van der Waals surface area contributed by atoms with Crippen LogP contribution in [-0.2, 0) is 22.9 Å². The number of aromatic nitrogens is 2. The number of sulfone groups is 1. The van der Waals surface area contributed by atoms with Gasteiger partial charge in [0, 0.05) is 31.6 Å². The van der Waals surface area contributed by atoms with Crippen LogP contribution in [0.3, 0.4) is 0 Å². The lowest BCUT2D eigenvalue weighted by atomic mass is 10.3. The Kier molecular flexibility index (Phi) is 5.14. The molecule has 0 radical (unpaired) electrons. The van der Waals surface area contributed by atoms with Crippen molar-refractivity contribution in [3.8, 4) is 0 Å². The van der Waals surface area contributed by atoms with Crippen molar-refractivity contribution < 1.29 is 8.42 Å². The maximum absolute atomic E-state index is 11.1. The molecule has 0 saturated carbocycles. The van der Waals surface area contributed by atoms with E-state index < -0.39 is 9.84 Å². The summed E-state index contributed by atoms with van der Waals surface area (Å²) >= 11 is 0. The van der Waals surface area contributed by atoms with E-state index in [0.29, 0.717) is 6.54 Å². The topological polar surface area (TPSA) is 64.0 Å². The lowest BCUT2D eigenvalue weighted by molar-refractivity contribution is 0.540. The van der Waals surface area contributed by atoms with Gasteiger partial charge >= 0.3 is 0 Å². The second-order valence-electron chi connectivity index (χ2n) is 4.45. The molecule has 17 heavy (non-hydrogen) atoms. The van der Waals surface area contributed by atoms with E-state index in [1.54, 1.807) is 0 Å². The summed E-state index contributed by atoms with van der Waals surface area (Å²) in [5.74, 6) is 0.162. The largest absolute Gasteiger partial charge is 0.333 e. The monoisotopic (exact) mass is 259 g/mol. The van der Waals surface area contributed by atoms with Gasteiger partial charge in [-0.3, -0.25) is 0 Å². The molecule has 98 valence electrons. The van der Waals surface area contributed by atoms with Gasteiger partial charge in [-0.1, -0.05) is 6.92 Å². The van der Waals surface area contributed by atoms with Crippen molar-refractivity contribution in [2.45, 2.75) is 39.4 Å². The third-order valence-corrected chi connectivity index (χ3v) is 3.55. The number of nitrogens with zero attached hydrogens (tertiary/aromatic N) is 2. The first-order valence-corrected chi connectivity index (χ1v) is 7.88. The van der Waals surface area contributed by atoms with Crippen molar-refractivity contribution >= 4 is 9.84 Å². The minimum Gasteiger partial charge on any atom is -0.333 e. The van der Waals surface area contributed by atoms with Gasteiger partial charge in [-0.2, -0.15) is 0 Å². The van der Waals surface area contributed by atoms with Crippen molar-refractivity contribution in [1.29, 1.82) is 0 Å². The molecule has 1 heterocycles. The molecular formula is C11H21N3O2S. The molecule has 5 nitrogen and oxygen atoms in total. The highest BCUT2D eigenvalue weighted by Crippen LogP contribution is 2.01. The third-order valence-electron chi connectivity index (χ3n) is 2.45. The maximum atomic E-state index is 11.1. The summed E-state index contributed by atoms with van der Waals surface area (Å²) in [6.45, 7) is 5.58. The van der Waals surface area contributed by atoms with Crippen molar-refractivity contribution in [3.05, 3.63) is 18.2 Å². The van der Waals surface area contributed by atoms with E-state index in [9.17, 15) is 8.42 Å². The molecule has 0 fully saturated rings. The molecule has 0 amide bonds. The van der Waals surface area contributed by atoms with Gasteiger partial charge in [-0.25, -0.2) is 13.4 Å². The van der Waals surface area contributed by atoms with E-state index in [2.05, 4.69) is 21.8 Å². The highest BCUT2D eigenvalue weighted by atomic mass is 32.2. The summed E-state index contributed by atoms with van der Waals surface area (Å²) in [6.07, 6.45) is 5.94. The summed E-state index contributed by atoms with van der Waals surface area (Å²) in [6, 6.07) is -0.0463. The average molecular weight is 259 g/mol. The number of hydrogen-bond acceptors (Lipinski definition) is 4. The van der Waals surface area contributed by atoms with Crippen LogP contribution in [-0.4, -0.2) is 36.0 Å². The molecule has 0 aliphatic heterocycles. The van der Waals surface area contributed by atoms with Crippen LogP contribution >= 0.6 is 0 Å². The predicted octanol–water partition coefficient (Wildman–Crippen LogP) is 0.816. The summed E-state index contributed by atoms with van der Waals surface area (Å²) in [7, 11) is -2.92. The smallest absolute Gasteiger partial charge is 0.148 e. The number of imidazole rings is 1. The van der Waals surface area contributed by atoms with Crippen LogP contribution in [0.2, 0.25) is 0 Å². The van der Waals surface area contributed by atoms with Crippen molar-refractivity contribution in [3.63, 3.8) is 0 Å². The minimum absolute atomic E-state index is 0.0463. The molecule has 1 N–H and O–H groups in total. The van der Waals surface area contributed by atoms with Crippen LogP contribution in [0.5, 0.6) is 0 Å². The first kappa shape index (κ1) is 14.2. The Bertz CT molecular complexity index is 439. The fraction of sp³-hybridized carbons (Fsp3) is 0.727. The number of hydrogen-bond donors (Lipinski definition) is 1. The fourth-order valence-electron chi connectivity index (χ4n) is 1.73. The van der Waals surface area contributed by atoms with E-state index in [-0.39, 0.29) is 11.8 Å². The van der Waals surface area contributed by atoms with Gasteiger partial charge in [-0.05, 0) is 13.3 Å². The fourth-order valence-corrected chi connectivity index (χ4v) is 2.76. The quantitative estimate of drug-likeness (QED) is 0.787. The first-order chi connectivity index (χ1) is 7.92. The molecule has 0 bridgehead atoms. The second kappa shape index (κ2) is 6.16. The lowest BCUT2D eigenvalue weighted by Crippen LogP contribution is -2.32. The molecule has 0 saturated heterocycles. The zero-order chi connectivity index (χ0) is 12.9. The molecular weight excluding hydrogens is 238 g/mol. The number of aryl methyl sites for hydroxylation is 1. The normalized spacial score (nSPS) is 13.8. The molecule has 1 aromatic rings. The number of rotatable bonds is 7. The van der Waals surface area contributed by atoms with Gasteiger partial charge in [0.15, 0.2) is 0 Å². The van der Waals surface area contributed by atoms with Crippen molar-refractivity contribution in [2.75, 3.05) is 12.0 Å². The van der Waals surface area contributed by atoms with Crippen molar-refractivity contribution in [2.24, 2.45) is 0 Å². The van der Waals surface area contributed by atoms with Gasteiger partial charge in [0.25, 0.3) is 0 Å². The maximum Gasteiger partial charge on any atom is 0.148 e. The Labute approximate surface area is 103 Å². The molecule has 1 aromatic heterocycles. The van der Waals surface area contributed by atoms with E-state index in [1.807, 2.05) is 19.4 Å². The van der Waals surface area contributed by atoms with Gasteiger partial charge in [0.2, 0.25) is 0 Å². The van der Waals surface area contributed by atoms with Crippen LogP contribution in [0.4, 0.5) is 0 Å². The average Bonchev–Trinajstić information content (AvgIpc) is 2.60. The van der Waals surface area contributed by atoms with Crippen molar-refractivity contribution in [1.82, 2.24) is 14.9 Å². The van der Waals surface area contributed by atoms with E-state index in [0.717, 1.165) is 18.7 Å². The van der Waals surface area contributed by atoms with Crippen LogP contribution < -0.4 is 5.32 Å². The standard InChI is InChI=1S/C11H21N3O2S/c1-4-5-14-9-12-6-11(14)7-13-10(2)8-17(3,15)16/h6,9-10,13H,4-5,7-8H2,1-3H3. The van der Waals surface area contributed by atoms with Gasteiger partial charge < -0.3 is 9.88 Å². The van der Waals surface area contributed by atoms with Gasteiger partial charge in [0.05, 0.1) is 17.8 Å². The molecule has 0 spiro atoms. The zero-order valence-electron chi connectivity index (χ0n) is 10.7. The predicted molar refractivity (Wildman–Crippen MR) is 68.5 cm³/mol.